The summed E-state index contributed by atoms with van der Waals surface area (Å²) in [5.41, 5.74) is -0.546. The number of rotatable bonds is 4. The summed E-state index contributed by atoms with van der Waals surface area (Å²) in [5.74, 6) is -0.296. The molecule has 0 aliphatic heterocycles. The summed E-state index contributed by atoms with van der Waals surface area (Å²) < 4.78 is 33.1. The van der Waals surface area contributed by atoms with E-state index in [0.717, 1.165) is 0 Å². The van der Waals surface area contributed by atoms with Crippen LogP contribution >= 0.6 is 0 Å². The predicted octanol–water partition coefficient (Wildman–Crippen LogP) is 4.73. The third-order valence-electron chi connectivity index (χ3n) is 3.88. The minimum absolute atomic E-state index is 0. The van der Waals surface area contributed by atoms with E-state index >= 15 is 0 Å². The monoisotopic (exact) mass is 353 g/mol. The number of amides is 1. The van der Waals surface area contributed by atoms with E-state index in [-0.39, 0.29) is 31.3 Å². The molecule has 2 aromatic carbocycles. The molecule has 0 aromatic heterocycles. The lowest BCUT2D eigenvalue weighted by Gasteiger charge is -2.22. The third-order valence-corrected chi connectivity index (χ3v) is 4.84. The molecular formula is C18H27NO4S. The van der Waals surface area contributed by atoms with Crippen LogP contribution in [-0.2, 0) is 14.9 Å². The number of hydrogen-bond acceptors (Lipinski definition) is 3. The van der Waals surface area contributed by atoms with Crippen molar-refractivity contribution in [3.05, 3.63) is 36.4 Å². The van der Waals surface area contributed by atoms with Gasteiger partial charge in [-0.3, -0.25) is 9.35 Å². The molecule has 2 N–H and O–H groups in total. The van der Waals surface area contributed by atoms with Crippen LogP contribution in [0.2, 0.25) is 0 Å². The van der Waals surface area contributed by atoms with Gasteiger partial charge in [0, 0.05) is 10.8 Å². The van der Waals surface area contributed by atoms with Gasteiger partial charge in [0.1, 0.15) is 4.90 Å². The van der Waals surface area contributed by atoms with Gasteiger partial charge in [-0.2, -0.15) is 8.42 Å². The molecule has 0 saturated heterocycles. The van der Waals surface area contributed by atoms with E-state index in [0.29, 0.717) is 17.2 Å². The molecule has 24 heavy (non-hydrogen) atoms. The highest BCUT2D eigenvalue weighted by molar-refractivity contribution is 7.86. The molecule has 0 bridgehead atoms. The molecule has 0 heterocycles. The second kappa shape index (κ2) is 7.77. The van der Waals surface area contributed by atoms with Crippen LogP contribution in [0.5, 0.6) is 0 Å². The van der Waals surface area contributed by atoms with Crippen LogP contribution in [0.25, 0.3) is 10.8 Å². The number of hydrogen-bond donors (Lipinski definition) is 2. The SMILES string of the molecule is C.C.CCC(C)(C)C(=O)Nc1ccc2ccccc2c1S(=O)(=O)O. The molecule has 0 atom stereocenters. The second-order valence-electron chi connectivity index (χ2n) is 5.83. The van der Waals surface area contributed by atoms with Gasteiger partial charge in [0.15, 0.2) is 0 Å². The number of nitrogens with one attached hydrogen (secondary N) is 1. The maximum atomic E-state index is 12.3. The smallest absolute Gasteiger partial charge is 0.297 e. The quantitative estimate of drug-likeness (QED) is 0.778. The number of benzene rings is 2. The topological polar surface area (TPSA) is 83.5 Å². The lowest BCUT2D eigenvalue weighted by Crippen LogP contribution is -2.30. The third kappa shape index (κ3) is 4.33. The van der Waals surface area contributed by atoms with Crippen LogP contribution in [0.3, 0.4) is 0 Å². The van der Waals surface area contributed by atoms with Crippen LogP contribution in [-0.4, -0.2) is 18.9 Å². The summed E-state index contributed by atoms with van der Waals surface area (Å²) >= 11 is 0. The standard InChI is InChI=1S/C16H19NO4S.2CH4/c1-4-16(2,3)15(18)17-13-10-9-11-7-5-6-8-12(11)14(13)22(19,20)21;;/h5-10H,4H2,1-3H3,(H,17,18)(H,19,20,21);2*1H4. The molecule has 0 aliphatic rings. The van der Waals surface area contributed by atoms with E-state index in [2.05, 4.69) is 5.32 Å². The van der Waals surface area contributed by atoms with E-state index < -0.39 is 15.5 Å². The zero-order valence-electron chi connectivity index (χ0n) is 12.8. The Bertz CT molecular complexity index is 826. The fraction of sp³-hybridized carbons (Fsp3) is 0.389. The fourth-order valence-corrected chi connectivity index (χ4v) is 2.93. The Morgan fingerprint density at radius 3 is 2.25 bits per heavy atom. The summed E-state index contributed by atoms with van der Waals surface area (Å²) in [7, 11) is -4.47. The van der Waals surface area contributed by atoms with E-state index in [4.69, 9.17) is 0 Å². The molecule has 0 aliphatic carbocycles. The van der Waals surface area contributed by atoms with Crippen LogP contribution in [0.1, 0.15) is 42.0 Å². The number of carbonyl (C=O) groups is 1. The molecule has 5 nitrogen and oxygen atoms in total. The maximum absolute atomic E-state index is 12.3. The molecule has 0 fully saturated rings. The summed E-state index contributed by atoms with van der Waals surface area (Å²) in [4.78, 5) is 12.0. The Morgan fingerprint density at radius 1 is 1.12 bits per heavy atom. The lowest BCUT2D eigenvalue weighted by molar-refractivity contribution is -0.124. The van der Waals surface area contributed by atoms with E-state index in [1.807, 2.05) is 6.92 Å². The Labute approximate surface area is 144 Å². The van der Waals surface area contributed by atoms with Gasteiger partial charge < -0.3 is 5.32 Å². The normalized spacial score (nSPS) is 11.3. The van der Waals surface area contributed by atoms with Gasteiger partial charge in [-0.05, 0) is 17.9 Å². The van der Waals surface area contributed by atoms with Gasteiger partial charge in [-0.1, -0.05) is 66.0 Å². The molecule has 134 valence electrons. The summed E-state index contributed by atoms with van der Waals surface area (Å²) in [5, 5.41) is 3.66. The van der Waals surface area contributed by atoms with Gasteiger partial charge >= 0.3 is 0 Å². The average molecular weight is 353 g/mol. The average Bonchev–Trinajstić information content (AvgIpc) is 2.45. The number of carbonyl (C=O) groups excluding carboxylic acids is 1. The van der Waals surface area contributed by atoms with Crippen LogP contribution < -0.4 is 5.32 Å². The van der Waals surface area contributed by atoms with Gasteiger partial charge in [0.2, 0.25) is 5.91 Å². The van der Waals surface area contributed by atoms with Crippen molar-refractivity contribution in [2.75, 3.05) is 5.32 Å². The highest BCUT2D eigenvalue weighted by Crippen LogP contribution is 2.32. The van der Waals surface area contributed by atoms with Crippen LogP contribution in [0.15, 0.2) is 41.3 Å². The summed E-state index contributed by atoms with van der Waals surface area (Å²) in [6.07, 6.45) is 0.605. The van der Waals surface area contributed by atoms with Crippen molar-refractivity contribution < 1.29 is 17.8 Å². The molecule has 6 heteroatoms. The number of anilines is 1. The first-order valence-electron chi connectivity index (χ1n) is 6.97. The highest BCUT2D eigenvalue weighted by Gasteiger charge is 2.28. The van der Waals surface area contributed by atoms with Crippen molar-refractivity contribution in [3.63, 3.8) is 0 Å². The highest BCUT2D eigenvalue weighted by atomic mass is 32.2. The van der Waals surface area contributed by atoms with Crippen molar-refractivity contribution in [2.24, 2.45) is 5.41 Å². The summed E-state index contributed by atoms with van der Waals surface area (Å²) in [6, 6.07) is 9.99. The predicted molar refractivity (Wildman–Crippen MR) is 99.9 cm³/mol. The Morgan fingerprint density at radius 2 is 1.71 bits per heavy atom. The molecule has 0 saturated carbocycles. The molecule has 2 aromatic rings. The molecule has 2 rings (SSSR count). The van der Waals surface area contributed by atoms with Gasteiger partial charge in [0.25, 0.3) is 10.1 Å². The molecule has 0 radical (unpaired) electrons. The Hall–Kier alpha value is -1.92. The minimum atomic E-state index is -4.47. The lowest BCUT2D eigenvalue weighted by atomic mass is 9.89. The zero-order chi connectivity index (χ0) is 16.5. The first-order chi connectivity index (χ1) is 10.2. The molecular weight excluding hydrogens is 326 g/mol. The van der Waals surface area contributed by atoms with Crippen LogP contribution in [0, 0.1) is 5.41 Å². The first-order valence-corrected chi connectivity index (χ1v) is 8.41. The van der Waals surface area contributed by atoms with Crippen molar-refractivity contribution >= 4 is 32.5 Å². The van der Waals surface area contributed by atoms with Crippen molar-refractivity contribution in [1.82, 2.24) is 0 Å². The van der Waals surface area contributed by atoms with Crippen LogP contribution in [0.4, 0.5) is 5.69 Å². The Balaban J connectivity index is 0.00000264. The van der Waals surface area contributed by atoms with Gasteiger partial charge in [-0.15, -0.1) is 0 Å². The van der Waals surface area contributed by atoms with Crippen molar-refractivity contribution in [3.8, 4) is 0 Å². The minimum Gasteiger partial charge on any atom is -0.324 e. The molecule has 0 spiro atoms. The van der Waals surface area contributed by atoms with Crippen molar-refractivity contribution in [1.29, 1.82) is 0 Å². The molecule has 1 amide bonds. The number of fused-ring (bicyclic) bond motifs is 1. The zero-order valence-corrected chi connectivity index (χ0v) is 13.6. The van der Waals surface area contributed by atoms with E-state index in [9.17, 15) is 17.8 Å². The first kappa shape index (κ1) is 22.1. The van der Waals surface area contributed by atoms with Gasteiger partial charge in [0.05, 0.1) is 5.69 Å². The van der Waals surface area contributed by atoms with Gasteiger partial charge in [-0.25, -0.2) is 0 Å². The molecule has 0 unspecified atom stereocenters. The van der Waals surface area contributed by atoms with E-state index in [1.54, 1.807) is 44.2 Å². The fourth-order valence-electron chi connectivity index (χ4n) is 2.07. The largest absolute Gasteiger partial charge is 0.324 e. The second-order valence-corrected chi connectivity index (χ2v) is 7.19. The van der Waals surface area contributed by atoms with E-state index in [1.165, 1.54) is 6.07 Å². The Kier molecular flexibility index (Phi) is 7.15. The maximum Gasteiger partial charge on any atom is 0.297 e. The summed E-state index contributed by atoms with van der Waals surface area (Å²) in [6.45, 7) is 5.43. The van der Waals surface area contributed by atoms with Crippen molar-refractivity contribution in [2.45, 2.75) is 46.9 Å².